The van der Waals surface area contributed by atoms with E-state index in [9.17, 15) is 14.4 Å². The standard InChI is InChI=1S/C33H31N5O3S/c1-19(2)22-12-14-23(15-13-22)29-28(30(39)35-24-9-7-6-8-10-24)20(3)34-32-38(29)31(40)27(42-32)18-21-11-16-25-26(17-21)37(5)33(41)36(25)4/h6-19,29H,1-5H3,(H,35,39)/b27-18+/t29-/m0/s1. The van der Waals surface area contributed by atoms with Crippen LogP contribution in [0.2, 0.25) is 0 Å². The van der Waals surface area contributed by atoms with Crippen molar-refractivity contribution in [2.24, 2.45) is 19.1 Å². The van der Waals surface area contributed by atoms with Crippen molar-refractivity contribution in [3.8, 4) is 0 Å². The normalized spacial score (nSPS) is 15.3. The van der Waals surface area contributed by atoms with Crippen molar-refractivity contribution in [1.29, 1.82) is 0 Å². The van der Waals surface area contributed by atoms with Gasteiger partial charge in [0.1, 0.15) is 0 Å². The van der Waals surface area contributed by atoms with Gasteiger partial charge >= 0.3 is 5.69 Å². The first-order valence-electron chi connectivity index (χ1n) is 13.8. The van der Waals surface area contributed by atoms with Gasteiger partial charge in [-0.15, -0.1) is 0 Å². The molecule has 0 aliphatic carbocycles. The fourth-order valence-electron chi connectivity index (χ4n) is 5.48. The number of hydrogen-bond acceptors (Lipinski definition) is 5. The minimum absolute atomic E-state index is 0.109. The number of amides is 1. The van der Waals surface area contributed by atoms with E-state index in [1.54, 1.807) is 27.8 Å². The van der Waals surface area contributed by atoms with Crippen LogP contribution < -0.4 is 25.9 Å². The third kappa shape index (κ3) is 4.65. The van der Waals surface area contributed by atoms with Gasteiger partial charge in [0.25, 0.3) is 11.5 Å². The molecule has 1 amide bonds. The molecule has 212 valence electrons. The maximum Gasteiger partial charge on any atom is 0.328 e. The van der Waals surface area contributed by atoms with Gasteiger partial charge in [0, 0.05) is 19.8 Å². The van der Waals surface area contributed by atoms with E-state index < -0.39 is 6.04 Å². The number of imidazole rings is 1. The minimum atomic E-state index is -0.647. The summed E-state index contributed by atoms with van der Waals surface area (Å²) in [6.07, 6.45) is 1.82. The number of allylic oxidation sites excluding steroid dienone is 1. The molecule has 0 saturated carbocycles. The lowest BCUT2D eigenvalue weighted by Crippen LogP contribution is -2.40. The molecule has 1 aliphatic heterocycles. The Labute approximate surface area is 246 Å². The summed E-state index contributed by atoms with van der Waals surface area (Å²) < 4.78 is 5.32. The van der Waals surface area contributed by atoms with Crippen LogP contribution in [0.3, 0.4) is 0 Å². The average molecular weight is 578 g/mol. The zero-order chi connectivity index (χ0) is 29.7. The van der Waals surface area contributed by atoms with Crippen molar-refractivity contribution in [3.63, 3.8) is 0 Å². The van der Waals surface area contributed by atoms with Crippen LogP contribution in [0.5, 0.6) is 0 Å². The van der Waals surface area contributed by atoms with Crippen LogP contribution in [-0.2, 0) is 18.9 Å². The highest BCUT2D eigenvalue weighted by Gasteiger charge is 2.32. The highest BCUT2D eigenvalue weighted by Crippen LogP contribution is 2.31. The van der Waals surface area contributed by atoms with Gasteiger partial charge in [-0.25, -0.2) is 9.79 Å². The highest BCUT2D eigenvalue weighted by molar-refractivity contribution is 7.07. The molecular formula is C33H31N5O3S. The van der Waals surface area contributed by atoms with Crippen molar-refractivity contribution in [1.82, 2.24) is 13.7 Å². The lowest BCUT2D eigenvalue weighted by atomic mass is 9.93. The number of para-hydroxylation sites is 1. The molecule has 1 atom stereocenters. The fraction of sp³-hybridized carbons (Fsp3) is 0.212. The largest absolute Gasteiger partial charge is 0.328 e. The molecule has 3 aromatic carbocycles. The number of rotatable bonds is 5. The number of hydrogen-bond donors (Lipinski definition) is 1. The summed E-state index contributed by atoms with van der Waals surface area (Å²) in [5.74, 6) is 0.0470. The number of benzene rings is 3. The maximum absolute atomic E-state index is 14.1. The molecule has 1 N–H and O–H groups in total. The Morgan fingerprint density at radius 2 is 1.64 bits per heavy atom. The van der Waals surface area contributed by atoms with Crippen molar-refractivity contribution < 1.29 is 4.79 Å². The van der Waals surface area contributed by atoms with Crippen LogP contribution in [0.4, 0.5) is 5.69 Å². The van der Waals surface area contributed by atoms with E-state index in [4.69, 9.17) is 4.99 Å². The minimum Gasteiger partial charge on any atom is -0.322 e. The molecule has 0 fully saturated rings. The summed E-state index contributed by atoms with van der Waals surface area (Å²) >= 11 is 1.29. The lowest BCUT2D eigenvalue weighted by Gasteiger charge is -2.25. The first kappa shape index (κ1) is 27.4. The molecule has 42 heavy (non-hydrogen) atoms. The van der Waals surface area contributed by atoms with E-state index in [0.29, 0.717) is 32.2 Å². The van der Waals surface area contributed by atoms with Gasteiger partial charge in [-0.05, 0) is 59.9 Å². The summed E-state index contributed by atoms with van der Waals surface area (Å²) in [6, 6.07) is 22.4. The van der Waals surface area contributed by atoms with Gasteiger partial charge < -0.3 is 5.32 Å². The van der Waals surface area contributed by atoms with Crippen LogP contribution in [0.15, 0.2) is 98.6 Å². The van der Waals surface area contributed by atoms with Crippen LogP contribution in [0, 0.1) is 0 Å². The van der Waals surface area contributed by atoms with Crippen LogP contribution in [-0.4, -0.2) is 19.6 Å². The van der Waals surface area contributed by atoms with Gasteiger partial charge in [0.2, 0.25) is 0 Å². The zero-order valence-corrected chi connectivity index (χ0v) is 24.9. The van der Waals surface area contributed by atoms with Crippen molar-refractivity contribution >= 4 is 40.0 Å². The first-order valence-corrected chi connectivity index (χ1v) is 14.6. The smallest absolute Gasteiger partial charge is 0.322 e. The Morgan fingerprint density at radius 1 is 0.952 bits per heavy atom. The van der Waals surface area contributed by atoms with Crippen molar-refractivity contribution in [2.75, 3.05) is 5.32 Å². The third-order valence-electron chi connectivity index (χ3n) is 7.81. The molecule has 0 saturated heterocycles. The molecule has 8 nitrogen and oxygen atoms in total. The average Bonchev–Trinajstić information content (AvgIpc) is 3.40. The number of aryl methyl sites for hydroxylation is 2. The Balaban J connectivity index is 1.51. The number of nitrogens with one attached hydrogen (secondary N) is 1. The van der Waals surface area contributed by atoms with Gasteiger partial charge in [-0.1, -0.05) is 73.7 Å². The van der Waals surface area contributed by atoms with E-state index in [1.807, 2.05) is 73.7 Å². The van der Waals surface area contributed by atoms with Crippen molar-refractivity contribution in [3.05, 3.63) is 131 Å². The molecule has 2 aromatic heterocycles. The summed E-state index contributed by atoms with van der Waals surface area (Å²) in [7, 11) is 3.47. The zero-order valence-electron chi connectivity index (χ0n) is 24.1. The number of aromatic nitrogens is 3. The maximum atomic E-state index is 14.1. The first-order chi connectivity index (χ1) is 20.1. The van der Waals surface area contributed by atoms with Crippen LogP contribution in [0.1, 0.15) is 49.4 Å². The van der Waals surface area contributed by atoms with Gasteiger partial charge in [0.15, 0.2) is 4.80 Å². The Bertz CT molecular complexity index is 2130. The Hall–Kier alpha value is -4.76. The van der Waals surface area contributed by atoms with Gasteiger partial charge in [-0.3, -0.25) is 23.3 Å². The molecule has 9 heteroatoms. The SMILES string of the molecule is CC1=C(C(=O)Nc2ccccc2)[C@H](c2ccc(C(C)C)cc2)n2c(s/c(=C/c3ccc4c(c3)n(C)c(=O)n4C)c2=O)=N1. The molecule has 0 bridgehead atoms. The second-order valence-corrected chi connectivity index (χ2v) is 11.9. The van der Waals surface area contributed by atoms with Gasteiger partial charge in [-0.2, -0.15) is 0 Å². The van der Waals surface area contributed by atoms with E-state index in [1.165, 1.54) is 16.9 Å². The predicted molar refractivity (Wildman–Crippen MR) is 168 cm³/mol. The number of fused-ring (bicyclic) bond motifs is 2. The Morgan fingerprint density at radius 3 is 2.33 bits per heavy atom. The second-order valence-electron chi connectivity index (χ2n) is 10.9. The quantitative estimate of drug-likeness (QED) is 0.340. The molecule has 0 unspecified atom stereocenters. The summed E-state index contributed by atoms with van der Waals surface area (Å²) in [6.45, 7) is 6.08. The number of nitrogens with zero attached hydrogens (tertiary/aromatic N) is 4. The van der Waals surface area contributed by atoms with Crippen LogP contribution >= 0.6 is 11.3 Å². The fourth-order valence-corrected chi connectivity index (χ4v) is 6.52. The number of anilines is 1. The summed E-state index contributed by atoms with van der Waals surface area (Å²) in [5.41, 5.74) is 5.72. The molecule has 1 aliphatic rings. The monoisotopic (exact) mass is 577 g/mol. The number of carbonyl (C=O) groups excluding carboxylic acids is 1. The highest BCUT2D eigenvalue weighted by atomic mass is 32.1. The lowest BCUT2D eigenvalue weighted by molar-refractivity contribution is -0.113. The molecular weight excluding hydrogens is 546 g/mol. The van der Waals surface area contributed by atoms with E-state index >= 15 is 0 Å². The van der Waals surface area contributed by atoms with Crippen molar-refractivity contribution in [2.45, 2.75) is 32.7 Å². The molecule has 0 radical (unpaired) electrons. The second kappa shape index (κ2) is 10.6. The Kier molecular flexibility index (Phi) is 6.90. The van der Waals surface area contributed by atoms with E-state index in [0.717, 1.165) is 22.2 Å². The molecule has 3 heterocycles. The number of thiazole rings is 1. The van der Waals surface area contributed by atoms with E-state index in [-0.39, 0.29) is 17.2 Å². The molecule has 0 spiro atoms. The summed E-state index contributed by atoms with van der Waals surface area (Å²) in [4.78, 5) is 45.5. The van der Waals surface area contributed by atoms with E-state index in [2.05, 4.69) is 31.3 Å². The predicted octanol–water partition coefficient (Wildman–Crippen LogP) is 4.19. The topological polar surface area (TPSA) is 90.4 Å². The molecule has 5 aromatic rings. The number of carbonyl (C=O) groups is 1. The summed E-state index contributed by atoms with van der Waals surface area (Å²) in [5, 5.41) is 2.99. The third-order valence-corrected chi connectivity index (χ3v) is 8.79. The molecule has 6 rings (SSSR count). The van der Waals surface area contributed by atoms with Crippen LogP contribution in [0.25, 0.3) is 17.1 Å². The van der Waals surface area contributed by atoms with Gasteiger partial charge in [0.05, 0.1) is 32.9 Å².